The Morgan fingerprint density at radius 2 is 1.77 bits per heavy atom. The van der Waals surface area contributed by atoms with Gasteiger partial charge in [-0.1, -0.05) is 6.07 Å². The van der Waals surface area contributed by atoms with Gasteiger partial charge in [0.15, 0.2) is 0 Å². The van der Waals surface area contributed by atoms with Crippen LogP contribution in [0.15, 0.2) is 58.6 Å². The number of hydrogen-bond acceptors (Lipinski definition) is 6. The van der Waals surface area contributed by atoms with Crippen molar-refractivity contribution >= 4 is 46.3 Å². The predicted octanol–water partition coefficient (Wildman–Crippen LogP) is 4.57. The Bertz CT molecular complexity index is 1040. The SMILES string of the molecule is CC(C)(C)NC(=O)C(c1ccsc1)N(C(=O)c1cccs1)c1ccc(OC(N)=O)cc1. The summed E-state index contributed by atoms with van der Waals surface area (Å²) in [5.41, 5.74) is 5.77. The first-order chi connectivity index (χ1) is 14.7. The molecular weight excluding hydrogens is 434 g/mol. The Labute approximate surface area is 188 Å². The fourth-order valence-corrected chi connectivity index (χ4v) is 4.32. The van der Waals surface area contributed by atoms with Crippen molar-refractivity contribution in [3.63, 3.8) is 0 Å². The molecule has 0 radical (unpaired) electrons. The van der Waals surface area contributed by atoms with E-state index in [0.29, 0.717) is 16.1 Å². The van der Waals surface area contributed by atoms with Crippen molar-refractivity contribution in [3.8, 4) is 5.75 Å². The monoisotopic (exact) mass is 457 g/mol. The van der Waals surface area contributed by atoms with Crippen molar-refractivity contribution in [1.29, 1.82) is 0 Å². The van der Waals surface area contributed by atoms with Gasteiger partial charge in [0, 0.05) is 11.2 Å². The molecule has 1 unspecified atom stereocenters. The molecule has 7 nitrogen and oxygen atoms in total. The van der Waals surface area contributed by atoms with Crippen LogP contribution in [0.25, 0.3) is 0 Å². The zero-order valence-corrected chi connectivity index (χ0v) is 19.0. The van der Waals surface area contributed by atoms with Crippen LogP contribution in [0, 0.1) is 0 Å². The summed E-state index contributed by atoms with van der Waals surface area (Å²) in [6.45, 7) is 5.66. The number of benzene rings is 1. The number of carbonyl (C=O) groups is 3. The maximum absolute atomic E-state index is 13.5. The summed E-state index contributed by atoms with van der Waals surface area (Å²) in [6, 6.07) is 10.7. The summed E-state index contributed by atoms with van der Waals surface area (Å²) < 4.78 is 4.89. The fourth-order valence-electron chi connectivity index (χ4n) is 2.98. The van der Waals surface area contributed by atoms with Crippen molar-refractivity contribution in [1.82, 2.24) is 5.32 Å². The quantitative estimate of drug-likeness (QED) is 0.566. The second-order valence-electron chi connectivity index (χ2n) is 7.77. The van der Waals surface area contributed by atoms with E-state index in [0.717, 1.165) is 0 Å². The van der Waals surface area contributed by atoms with Crippen LogP contribution >= 0.6 is 22.7 Å². The Morgan fingerprint density at radius 1 is 1.06 bits per heavy atom. The molecule has 0 bridgehead atoms. The van der Waals surface area contributed by atoms with E-state index in [4.69, 9.17) is 10.5 Å². The molecule has 1 aromatic carbocycles. The van der Waals surface area contributed by atoms with Gasteiger partial charge >= 0.3 is 6.09 Å². The molecule has 0 spiro atoms. The van der Waals surface area contributed by atoms with Crippen molar-refractivity contribution in [3.05, 3.63) is 69.0 Å². The van der Waals surface area contributed by atoms with Gasteiger partial charge in [0.05, 0.1) is 4.88 Å². The minimum atomic E-state index is -0.931. The number of nitrogens with two attached hydrogens (primary N) is 1. The molecule has 162 valence electrons. The molecule has 1 atom stereocenters. The van der Waals surface area contributed by atoms with Gasteiger partial charge in [0.2, 0.25) is 5.91 Å². The van der Waals surface area contributed by atoms with Gasteiger partial charge in [-0.25, -0.2) is 4.79 Å². The molecule has 3 amide bonds. The minimum absolute atomic E-state index is 0.242. The van der Waals surface area contributed by atoms with Gasteiger partial charge in [0.1, 0.15) is 11.8 Å². The summed E-state index contributed by atoms with van der Waals surface area (Å²) >= 11 is 2.75. The zero-order chi connectivity index (χ0) is 22.6. The molecule has 3 N–H and O–H groups in total. The topological polar surface area (TPSA) is 102 Å². The molecule has 0 aliphatic carbocycles. The number of amides is 3. The second kappa shape index (κ2) is 9.32. The van der Waals surface area contributed by atoms with Crippen LogP contribution < -0.4 is 20.7 Å². The Balaban J connectivity index is 2.09. The molecule has 2 aromatic heterocycles. The van der Waals surface area contributed by atoms with E-state index in [-0.39, 0.29) is 17.6 Å². The zero-order valence-electron chi connectivity index (χ0n) is 17.3. The highest BCUT2D eigenvalue weighted by Gasteiger charge is 2.35. The van der Waals surface area contributed by atoms with Gasteiger partial charge in [-0.05, 0) is 78.9 Å². The van der Waals surface area contributed by atoms with Crippen molar-refractivity contribution in [2.24, 2.45) is 5.73 Å². The van der Waals surface area contributed by atoms with Crippen LogP contribution in [0.3, 0.4) is 0 Å². The lowest BCUT2D eigenvalue weighted by molar-refractivity contribution is -0.123. The van der Waals surface area contributed by atoms with Gasteiger partial charge in [0.25, 0.3) is 5.91 Å². The molecule has 2 heterocycles. The first-order valence-corrected chi connectivity index (χ1v) is 11.3. The van der Waals surface area contributed by atoms with Crippen molar-refractivity contribution < 1.29 is 19.1 Å². The number of ether oxygens (including phenoxy) is 1. The first-order valence-electron chi connectivity index (χ1n) is 9.44. The van der Waals surface area contributed by atoms with Crippen molar-refractivity contribution in [2.75, 3.05) is 4.90 Å². The van der Waals surface area contributed by atoms with Crippen LogP contribution in [-0.4, -0.2) is 23.4 Å². The summed E-state index contributed by atoms with van der Waals surface area (Å²) in [5, 5.41) is 8.51. The number of nitrogens with zero attached hydrogens (tertiary/aromatic N) is 1. The lowest BCUT2D eigenvalue weighted by Gasteiger charge is -2.33. The Hall–Kier alpha value is -3.17. The van der Waals surface area contributed by atoms with Crippen LogP contribution in [0.2, 0.25) is 0 Å². The molecule has 0 aliphatic rings. The average molecular weight is 458 g/mol. The number of hydrogen-bond donors (Lipinski definition) is 2. The van der Waals surface area contributed by atoms with E-state index in [1.807, 2.05) is 43.0 Å². The number of anilines is 1. The smallest absolute Gasteiger partial charge is 0.409 e. The van der Waals surface area contributed by atoms with Gasteiger partial charge < -0.3 is 15.8 Å². The lowest BCUT2D eigenvalue weighted by atomic mass is 10.0. The highest BCUT2D eigenvalue weighted by molar-refractivity contribution is 7.12. The van der Waals surface area contributed by atoms with Gasteiger partial charge in [-0.15, -0.1) is 11.3 Å². The molecule has 0 saturated heterocycles. The summed E-state index contributed by atoms with van der Waals surface area (Å²) in [6.07, 6.45) is -0.931. The number of nitrogens with one attached hydrogen (secondary N) is 1. The highest BCUT2D eigenvalue weighted by atomic mass is 32.1. The molecule has 0 fully saturated rings. The fraction of sp³-hybridized carbons (Fsp3) is 0.227. The number of primary amides is 1. The molecule has 0 aliphatic heterocycles. The molecular formula is C22H23N3O4S2. The van der Waals surface area contributed by atoms with E-state index >= 15 is 0 Å². The third-order valence-electron chi connectivity index (χ3n) is 4.15. The molecule has 9 heteroatoms. The largest absolute Gasteiger partial charge is 0.411 e. The van der Waals surface area contributed by atoms with Crippen LogP contribution in [0.5, 0.6) is 5.75 Å². The van der Waals surface area contributed by atoms with E-state index in [9.17, 15) is 14.4 Å². The van der Waals surface area contributed by atoms with E-state index in [2.05, 4.69) is 5.32 Å². The maximum Gasteiger partial charge on any atom is 0.409 e. The minimum Gasteiger partial charge on any atom is -0.411 e. The lowest BCUT2D eigenvalue weighted by Crippen LogP contribution is -2.49. The highest BCUT2D eigenvalue weighted by Crippen LogP contribution is 2.33. The van der Waals surface area contributed by atoms with Crippen LogP contribution in [0.4, 0.5) is 10.5 Å². The molecule has 31 heavy (non-hydrogen) atoms. The number of carbonyl (C=O) groups excluding carboxylic acids is 3. The van der Waals surface area contributed by atoms with Crippen LogP contribution in [0.1, 0.15) is 42.0 Å². The molecule has 0 saturated carbocycles. The Kier molecular flexibility index (Phi) is 6.77. The average Bonchev–Trinajstić information content (AvgIpc) is 3.38. The van der Waals surface area contributed by atoms with Crippen LogP contribution in [-0.2, 0) is 4.79 Å². The van der Waals surface area contributed by atoms with E-state index < -0.39 is 17.7 Å². The molecule has 3 rings (SSSR count). The summed E-state index contributed by atoms with van der Waals surface area (Å²) in [5.74, 6) is -0.363. The standard InChI is InChI=1S/C22H23N3O4S2/c1-22(2,3)24-19(26)18(14-10-12-30-13-14)25(20(27)17-5-4-11-31-17)15-6-8-16(9-7-15)29-21(23)28/h4-13,18H,1-3H3,(H2,23,28)(H,24,26). The van der Waals surface area contributed by atoms with Gasteiger partial charge in [-0.3, -0.25) is 14.5 Å². The predicted molar refractivity (Wildman–Crippen MR) is 123 cm³/mol. The third-order valence-corrected chi connectivity index (χ3v) is 5.71. The number of thiophene rings is 2. The maximum atomic E-state index is 13.5. The van der Waals surface area contributed by atoms with E-state index in [1.165, 1.54) is 39.7 Å². The molecule has 3 aromatic rings. The summed E-state index contributed by atoms with van der Waals surface area (Å²) in [4.78, 5) is 39.9. The summed E-state index contributed by atoms with van der Waals surface area (Å²) in [7, 11) is 0. The van der Waals surface area contributed by atoms with Crippen molar-refractivity contribution in [2.45, 2.75) is 32.4 Å². The Morgan fingerprint density at radius 3 is 2.29 bits per heavy atom. The normalized spacial score (nSPS) is 12.1. The van der Waals surface area contributed by atoms with E-state index in [1.54, 1.807) is 24.3 Å². The first kappa shape index (κ1) is 22.5. The number of rotatable bonds is 6. The third kappa shape index (κ3) is 5.71. The second-order valence-corrected chi connectivity index (χ2v) is 9.49. The van der Waals surface area contributed by atoms with Gasteiger partial charge in [-0.2, -0.15) is 11.3 Å².